The van der Waals surface area contributed by atoms with Gasteiger partial charge in [-0.1, -0.05) is 38.1 Å². The summed E-state index contributed by atoms with van der Waals surface area (Å²) in [7, 11) is 3.19. The fourth-order valence-electron chi connectivity index (χ4n) is 5.00. The van der Waals surface area contributed by atoms with E-state index in [-0.39, 0.29) is 23.6 Å². The van der Waals surface area contributed by atoms with Crippen LogP contribution in [0.25, 0.3) is 22.3 Å². The maximum atomic E-state index is 13.8. The van der Waals surface area contributed by atoms with Crippen LogP contribution in [0.15, 0.2) is 82.7 Å². The molecule has 1 N–H and O–H groups in total. The number of carboxylic acid groups (broad SMARTS) is 1. The van der Waals surface area contributed by atoms with E-state index < -0.39 is 5.97 Å². The predicted molar refractivity (Wildman–Crippen MR) is 183 cm³/mol. The fraction of sp³-hybridized carbons (Fsp3) is 0.200. The van der Waals surface area contributed by atoms with Crippen molar-refractivity contribution < 1.29 is 24.1 Å². The number of fused-ring (bicyclic) bond motifs is 1. The number of aryl methyl sites for hydroxylation is 1. The van der Waals surface area contributed by atoms with E-state index in [1.807, 2.05) is 37.3 Å². The van der Waals surface area contributed by atoms with Gasteiger partial charge in [-0.2, -0.15) is 9.78 Å². The highest BCUT2D eigenvalue weighted by Crippen LogP contribution is 2.35. The Hall–Kier alpha value is -4.71. The molecule has 1 aromatic heterocycles. The predicted octanol–water partition coefficient (Wildman–Crippen LogP) is 7.28. The zero-order valence-corrected chi connectivity index (χ0v) is 27.7. The Morgan fingerprint density at radius 3 is 2.49 bits per heavy atom. The summed E-state index contributed by atoms with van der Waals surface area (Å²) < 4.78 is 19.4. The number of nitrogens with zero attached hydrogens (tertiary/aromatic N) is 3. The zero-order valence-electron chi connectivity index (χ0n) is 25.5. The third-order valence-corrected chi connectivity index (χ3v) is 8.13. The van der Waals surface area contributed by atoms with E-state index in [0.717, 1.165) is 26.0 Å². The first kappa shape index (κ1) is 31.7. The number of ether oxygens (including phenoxy) is 3. The molecule has 45 heavy (non-hydrogen) atoms. The minimum Gasteiger partial charge on any atom is -0.496 e. The number of methoxy groups -OCH3 is 2. The van der Waals surface area contributed by atoms with Crippen molar-refractivity contribution in [2.75, 3.05) is 14.2 Å². The monoisotopic (exact) mass is 717 g/mol. The van der Waals surface area contributed by atoms with E-state index in [1.165, 1.54) is 10.7 Å². The number of carboxylic acids is 1. The van der Waals surface area contributed by atoms with Crippen molar-refractivity contribution in [3.63, 3.8) is 0 Å². The van der Waals surface area contributed by atoms with Crippen LogP contribution in [0.5, 0.6) is 17.2 Å². The Morgan fingerprint density at radius 1 is 1.02 bits per heavy atom. The number of hydrogen-bond donors (Lipinski definition) is 1. The third-order valence-electron chi connectivity index (χ3n) is 7.32. The molecule has 0 aliphatic rings. The summed E-state index contributed by atoms with van der Waals surface area (Å²) in [5.74, 6) is 1.36. The van der Waals surface area contributed by atoms with Crippen molar-refractivity contribution in [2.45, 2.75) is 33.3 Å². The number of hydrogen-bond acceptors (Lipinski definition) is 7. The van der Waals surface area contributed by atoms with E-state index in [2.05, 4.69) is 41.5 Å². The van der Waals surface area contributed by atoms with Crippen molar-refractivity contribution in [3.8, 4) is 28.6 Å². The maximum absolute atomic E-state index is 13.8. The van der Waals surface area contributed by atoms with Crippen LogP contribution in [0.4, 0.5) is 0 Å². The lowest BCUT2D eigenvalue weighted by Gasteiger charge is -2.17. The summed E-state index contributed by atoms with van der Waals surface area (Å²) in [6.45, 7) is 6.29. The molecule has 9 nitrogen and oxygen atoms in total. The van der Waals surface area contributed by atoms with Gasteiger partial charge >= 0.3 is 5.97 Å². The number of aromatic nitrogens is 2. The van der Waals surface area contributed by atoms with E-state index >= 15 is 0 Å². The molecule has 0 amide bonds. The lowest BCUT2D eigenvalue weighted by atomic mass is 9.96. The van der Waals surface area contributed by atoms with Gasteiger partial charge in [-0.05, 0) is 106 Å². The molecule has 0 aliphatic heterocycles. The topological polar surface area (TPSA) is 112 Å². The molecule has 0 bridgehead atoms. The van der Waals surface area contributed by atoms with Gasteiger partial charge in [0.1, 0.15) is 12.4 Å². The molecule has 4 aromatic carbocycles. The van der Waals surface area contributed by atoms with Crippen LogP contribution in [-0.2, 0) is 6.61 Å². The molecular formula is C35H32IN3O6. The van der Waals surface area contributed by atoms with Crippen molar-refractivity contribution >= 4 is 45.7 Å². The highest BCUT2D eigenvalue weighted by molar-refractivity contribution is 14.1. The second-order valence-electron chi connectivity index (χ2n) is 10.7. The normalized spacial score (nSPS) is 11.4. The van der Waals surface area contributed by atoms with Crippen LogP contribution in [0.1, 0.15) is 52.4 Å². The Bertz CT molecular complexity index is 2000. The van der Waals surface area contributed by atoms with Gasteiger partial charge in [0.15, 0.2) is 17.3 Å². The van der Waals surface area contributed by atoms with Gasteiger partial charge in [-0.15, -0.1) is 0 Å². The molecule has 5 rings (SSSR count). The van der Waals surface area contributed by atoms with Crippen LogP contribution in [-0.4, -0.2) is 41.2 Å². The summed E-state index contributed by atoms with van der Waals surface area (Å²) in [6.07, 6.45) is 1.59. The highest BCUT2D eigenvalue weighted by Gasteiger charge is 2.19. The summed E-state index contributed by atoms with van der Waals surface area (Å²) >= 11 is 2.15. The van der Waals surface area contributed by atoms with Gasteiger partial charge in [0.2, 0.25) is 0 Å². The van der Waals surface area contributed by atoms with Crippen LogP contribution in [0, 0.1) is 10.5 Å². The molecule has 0 saturated heterocycles. The molecule has 0 spiro atoms. The fourth-order valence-corrected chi connectivity index (χ4v) is 5.78. The summed E-state index contributed by atoms with van der Waals surface area (Å²) in [4.78, 5) is 30.1. The van der Waals surface area contributed by atoms with Crippen molar-refractivity contribution in [1.82, 2.24) is 9.66 Å². The highest BCUT2D eigenvalue weighted by atomic mass is 127. The van der Waals surface area contributed by atoms with Crippen LogP contribution in [0.3, 0.4) is 0 Å². The molecule has 0 unspecified atom stereocenters. The SMILES string of the molecule is COc1cc(C)c(-c2nc3ccccc3c(=O)n2N=Cc2cc(I)c(OCc3cccc(C(=O)O)c3)c(OC)c2)cc1C(C)C. The molecule has 0 radical (unpaired) electrons. The molecule has 0 atom stereocenters. The Labute approximate surface area is 274 Å². The number of carbonyl (C=O) groups is 1. The second kappa shape index (κ2) is 13.5. The summed E-state index contributed by atoms with van der Waals surface area (Å²) in [5.41, 5.74) is 4.54. The van der Waals surface area contributed by atoms with E-state index in [0.29, 0.717) is 39.4 Å². The first-order valence-corrected chi connectivity index (χ1v) is 15.3. The first-order valence-electron chi connectivity index (χ1n) is 14.2. The minimum absolute atomic E-state index is 0.155. The molecule has 10 heteroatoms. The Balaban J connectivity index is 1.56. The van der Waals surface area contributed by atoms with E-state index in [1.54, 1.807) is 56.8 Å². The number of halogens is 1. The van der Waals surface area contributed by atoms with Crippen molar-refractivity contribution in [1.29, 1.82) is 0 Å². The Kier molecular flexibility index (Phi) is 9.52. The molecule has 0 saturated carbocycles. The smallest absolute Gasteiger partial charge is 0.335 e. The summed E-state index contributed by atoms with van der Waals surface area (Å²) in [6, 6.07) is 21.4. The van der Waals surface area contributed by atoms with Crippen molar-refractivity contribution in [2.24, 2.45) is 5.10 Å². The number of benzene rings is 4. The van der Waals surface area contributed by atoms with Gasteiger partial charge < -0.3 is 19.3 Å². The van der Waals surface area contributed by atoms with E-state index in [4.69, 9.17) is 19.2 Å². The average molecular weight is 718 g/mol. The van der Waals surface area contributed by atoms with Crippen molar-refractivity contribution in [3.05, 3.63) is 115 Å². The largest absolute Gasteiger partial charge is 0.496 e. The quantitative estimate of drug-likeness (QED) is 0.119. The molecule has 5 aromatic rings. The third kappa shape index (κ3) is 6.70. The van der Waals surface area contributed by atoms with Gasteiger partial charge in [-0.3, -0.25) is 4.79 Å². The standard InChI is InChI=1S/C35H32IN3O6/c1-20(2)26-17-27(21(3)13-30(26)43-4)33-38-29-12-7-6-11-25(29)34(40)39(33)37-18-23-15-28(36)32(31(16-23)44-5)45-19-22-9-8-10-24(14-22)35(41)42/h6-18,20H,19H2,1-5H3,(H,41,42). The van der Waals surface area contributed by atoms with E-state index in [9.17, 15) is 14.7 Å². The van der Waals surface area contributed by atoms with Gasteiger partial charge in [0, 0.05) is 5.56 Å². The van der Waals surface area contributed by atoms with Gasteiger partial charge in [0.05, 0.1) is 40.5 Å². The van der Waals surface area contributed by atoms with Crippen LogP contribution in [0.2, 0.25) is 0 Å². The molecular weight excluding hydrogens is 685 g/mol. The molecule has 1 heterocycles. The average Bonchev–Trinajstić information content (AvgIpc) is 3.03. The van der Waals surface area contributed by atoms with Gasteiger partial charge in [0.25, 0.3) is 5.56 Å². The minimum atomic E-state index is -1.00. The number of aromatic carboxylic acids is 1. The zero-order chi connectivity index (χ0) is 32.2. The molecule has 0 aliphatic carbocycles. The first-order chi connectivity index (χ1) is 21.6. The number of para-hydroxylation sites is 1. The Morgan fingerprint density at radius 2 is 1.78 bits per heavy atom. The number of rotatable bonds is 10. The molecule has 0 fully saturated rings. The lowest BCUT2D eigenvalue weighted by Crippen LogP contribution is -2.21. The van der Waals surface area contributed by atoms with Crippen LogP contribution >= 0.6 is 22.6 Å². The maximum Gasteiger partial charge on any atom is 0.335 e. The van der Waals surface area contributed by atoms with Crippen LogP contribution < -0.4 is 19.8 Å². The lowest BCUT2D eigenvalue weighted by molar-refractivity contribution is 0.0696. The summed E-state index contributed by atoms with van der Waals surface area (Å²) in [5, 5.41) is 14.4. The second-order valence-corrected chi connectivity index (χ2v) is 11.9. The van der Waals surface area contributed by atoms with Gasteiger partial charge in [-0.25, -0.2) is 9.78 Å². The molecule has 230 valence electrons.